The molecule has 0 heterocycles. The highest BCUT2D eigenvalue weighted by Gasteiger charge is 2.42. The fourth-order valence-corrected chi connectivity index (χ4v) is 3.90. The van der Waals surface area contributed by atoms with Crippen LogP contribution in [0.1, 0.15) is 35.7 Å². The van der Waals surface area contributed by atoms with E-state index in [2.05, 4.69) is 16.0 Å². The molecule has 3 amide bonds. The Hall–Kier alpha value is -3.91. The van der Waals surface area contributed by atoms with Crippen LogP contribution in [0.5, 0.6) is 0 Å². The van der Waals surface area contributed by atoms with Gasteiger partial charge in [-0.25, -0.2) is 0 Å². The first-order valence-corrected chi connectivity index (χ1v) is 11.9. The third-order valence-corrected chi connectivity index (χ3v) is 5.91. The van der Waals surface area contributed by atoms with Gasteiger partial charge in [0.1, 0.15) is 0 Å². The lowest BCUT2D eigenvalue weighted by Crippen LogP contribution is -2.69. The summed E-state index contributed by atoms with van der Waals surface area (Å²) < 4.78 is 0. The highest BCUT2D eigenvalue weighted by Crippen LogP contribution is 2.23. The van der Waals surface area contributed by atoms with E-state index in [1.54, 1.807) is 19.1 Å². The van der Waals surface area contributed by atoms with Crippen molar-refractivity contribution in [1.29, 1.82) is 0 Å². The number of carbonyl (C=O) groups is 4. The fraction of sp³-hybridized carbons (Fsp3) is 0.259. The van der Waals surface area contributed by atoms with Gasteiger partial charge in [0.15, 0.2) is 5.66 Å². The topological polar surface area (TPSA) is 108 Å². The van der Waals surface area contributed by atoms with Crippen LogP contribution in [0.3, 0.4) is 0 Å². The van der Waals surface area contributed by atoms with Crippen molar-refractivity contribution in [2.75, 3.05) is 19.0 Å². The molecule has 3 N–H and O–H groups in total. The van der Waals surface area contributed by atoms with Crippen molar-refractivity contribution in [3.63, 3.8) is 0 Å². The number of carbonyl (C=O) groups excluding carboxylic acids is 4. The molecule has 0 fully saturated rings. The summed E-state index contributed by atoms with van der Waals surface area (Å²) in [6.45, 7) is 1.95. The fourth-order valence-electron chi connectivity index (χ4n) is 3.85. The molecule has 1 unspecified atom stereocenters. The van der Waals surface area contributed by atoms with Crippen LogP contribution in [0.25, 0.3) is 10.8 Å². The number of anilines is 1. The molecule has 8 nitrogen and oxygen atoms in total. The Labute approximate surface area is 215 Å². The van der Waals surface area contributed by atoms with Gasteiger partial charge in [-0.1, -0.05) is 55.8 Å². The van der Waals surface area contributed by atoms with Gasteiger partial charge in [-0.3, -0.25) is 19.2 Å². The van der Waals surface area contributed by atoms with Crippen molar-refractivity contribution in [2.45, 2.75) is 32.0 Å². The lowest BCUT2D eigenvalue weighted by Gasteiger charge is -2.33. The molecule has 0 bridgehead atoms. The summed E-state index contributed by atoms with van der Waals surface area (Å²) in [6.07, 6.45) is 0.454. The van der Waals surface area contributed by atoms with E-state index in [1.165, 1.54) is 0 Å². The van der Waals surface area contributed by atoms with Crippen LogP contribution in [0, 0.1) is 0 Å². The Morgan fingerprint density at radius 2 is 1.56 bits per heavy atom. The monoisotopic (exact) mass is 508 g/mol. The molecule has 1 atom stereocenters. The standard InChI is InChI=1S/C27H29ClN4O4/c1-4-14-27(31-25(35)23(28)33,26(36)29-17-18-8-6-5-7-9-18)30-24(34)21-11-10-20-16-22(32(2)3)13-12-19(20)15-21/h5-13,15-16H,4,14,17H2,1-3H3,(H,29,36)(H,30,34)(H,31,35). The predicted octanol–water partition coefficient (Wildman–Crippen LogP) is 3.33. The molecule has 0 aromatic heterocycles. The van der Waals surface area contributed by atoms with Crippen LogP contribution in [0.15, 0.2) is 66.7 Å². The van der Waals surface area contributed by atoms with Crippen LogP contribution < -0.4 is 20.9 Å². The molecule has 9 heteroatoms. The molecule has 3 aromatic carbocycles. The van der Waals surface area contributed by atoms with Crippen molar-refractivity contribution in [2.24, 2.45) is 0 Å². The van der Waals surface area contributed by atoms with Gasteiger partial charge in [0, 0.05) is 31.9 Å². The molecular weight excluding hydrogens is 480 g/mol. The van der Waals surface area contributed by atoms with Gasteiger partial charge in [-0.05, 0) is 58.6 Å². The molecule has 3 aromatic rings. The van der Waals surface area contributed by atoms with Crippen molar-refractivity contribution < 1.29 is 19.2 Å². The third kappa shape index (κ3) is 6.40. The second-order valence-electron chi connectivity index (χ2n) is 8.65. The minimum absolute atomic E-state index is 0.0368. The van der Waals surface area contributed by atoms with E-state index in [1.807, 2.05) is 73.6 Å². The summed E-state index contributed by atoms with van der Waals surface area (Å²) in [5, 5.41) is 8.25. The summed E-state index contributed by atoms with van der Waals surface area (Å²) in [4.78, 5) is 52.4. The highest BCUT2D eigenvalue weighted by molar-refractivity contribution is 6.81. The predicted molar refractivity (Wildman–Crippen MR) is 141 cm³/mol. The normalized spacial score (nSPS) is 12.3. The van der Waals surface area contributed by atoms with Gasteiger partial charge in [-0.15, -0.1) is 0 Å². The van der Waals surface area contributed by atoms with Gasteiger partial charge < -0.3 is 20.9 Å². The van der Waals surface area contributed by atoms with Crippen molar-refractivity contribution >= 4 is 51.0 Å². The van der Waals surface area contributed by atoms with Crippen LogP contribution in [0.4, 0.5) is 5.69 Å². The Balaban J connectivity index is 1.91. The number of rotatable bonds is 10. The maximum Gasteiger partial charge on any atom is 0.309 e. The first kappa shape index (κ1) is 26.7. The second kappa shape index (κ2) is 11.7. The average molecular weight is 509 g/mol. The van der Waals surface area contributed by atoms with E-state index in [0.717, 1.165) is 22.0 Å². The van der Waals surface area contributed by atoms with Crippen LogP contribution in [0.2, 0.25) is 0 Å². The van der Waals surface area contributed by atoms with Gasteiger partial charge >= 0.3 is 11.1 Å². The summed E-state index contributed by atoms with van der Waals surface area (Å²) >= 11 is 5.37. The lowest BCUT2D eigenvalue weighted by atomic mass is 10.00. The zero-order chi connectivity index (χ0) is 26.3. The van der Waals surface area contributed by atoms with E-state index in [-0.39, 0.29) is 13.0 Å². The number of hydrogen-bond donors (Lipinski definition) is 3. The molecule has 0 aliphatic carbocycles. The van der Waals surface area contributed by atoms with Gasteiger partial charge in [0.2, 0.25) is 0 Å². The van der Waals surface area contributed by atoms with Crippen LogP contribution in [-0.4, -0.2) is 42.7 Å². The average Bonchev–Trinajstić information content (AvgIpc) is 2.87. The molecule has 0 saturated carbocycles. The van der Waals surface area contributed by atoms with Crippen molar-refractivity contribution in [3.05, 3.63) is 77.9 Å². The molecule has 0 saturated heterocycles. The van der Waals surface area contributed by atoms with Crippen LogP contribution >= 0.6 is 11.6 Å². The Morgan fingerprint density at radius 3 is 2.19 bits per heavy atom. The Kier molecular flexibility index (Phi) is 8.66. The van der Waals surface area contributed by atoms with Gasteiger partial charge in [-0.2, -0.15) is 0 Å². The summed E-state index contributed by atoms with van der Waals surface area (Å²) in [5.41, 5.74) is 0.258. The third-order valence-electron chi connectivity index (χ3n) is 5.74. The Morgan fingerprint density at radius 1 is 0.889 bits per heavy atom. The molecule has 0 spiro atoms. The summed E-state index contributed by atoms with van der Waals surface area (Å²) in [7, 11) is 3.89. The second-order valence-corrected chi connectivity index (χ2v) is 8.99. The number of fused-ring (bicyclic) bond motifs is 1. The largest absolute Gasteiger partial charge is 0.378 e. The summed E-state index contributed by atoms with van der Waals surface area (Å²) in [6, 6.07) is 20.2. The number of nitrogens with one attached hydrogen (secondary N) is 3. The van der Waals surface area contributed by atoms with E-state index in [4.69, 9.17) is 11.6 Å². The molecule has 188 valence electrons. The maximum absolute atomic E-state index is 13.4. The molecule has 3 rings (SSSR count). The first-order valence-electron chi connectivity index (χ1n) is 11.5. The van der Waals surface area contributed by atoms with Gasteiger partial charge in [0.25, 0.3) is 11.8 Å². The molecular formula is C27H29ClN4O4. The Bertz CT molecular complexity index is 1280. The number of amides is 3. The van der Waals surface area contributed by atoms with Gasteiger partial charge in [0.05, 0.1) is 0 Å². The van der Waals surface area contributed by atoms with E-state index in [0.29, 0.717) is 12.0 Å². The smallest absolute Gasteiger partial charge is 0.309 e. The highest BCUT2D eigenvalue weighted by atomic mass is 35.5. The van der Waals surface area contributed by atoms with Crippen molar-refractivity contribution in [3.8, 4) is 0 Å². The van der Waals surface area contributed by atoms with E-state index >= 15 is 0 Å². The molecule has 36 heavy (non-hydrogen) atoms. The zero-order valence-corrected chi connectivity index (χ0v) is 21.2. The SMILES string of the molecule is CCCC(NC(=O)C(=O)Cl)(NC(=O)c1ccc2cc(N(C)C)ccc2c1)C(=O)NCc1ccccc1. The molecule has 0 radical (unpaired) electrons. The summed E-state index contributed by atoms with van der Waals surface area (Å²) in [5.74, 6) is -2.43. The minimum Gasteiger partial charge on any atom is -0.378 e. The lowest BCUT2D eigenvalue weighted by molar-refractivity contribution is -0.139. The maximum atomic E-state index is 13.4. The van der Waals surface area contributed by atoms with Crippen LogP contribution in [-0.2, 0) is 20.9 Å². The quantitative estimate of drug-likeness (QED) is 0.221. The zero-order valence-electron chi connectivity index (χ0n) is 20.4. The number of benzene rings is 3. The molecule has 0 aliphatic rings. The number of hydrogen-bond acceptors (Lipinski definition) is 5. The number of nitrogens with zero attached hydrogens (tertiary/aromatic N) is 1. The van der Waals surface area contributed by atoms with Crippen molar-refractivity contribution in [1.82, 2.24) is 16.0 Å². The minimum atomic E-state index is -1.88. The molecule has 0 aliphatic heterocycles. The first-order chi connectivity index (χ1) is 17.1. The van der Waals surface area contributed by atoms with E-state index in [9.17, 15) is 19.2 Å². The number of halogens is 1. The van der Waals surface area contributed by atoms with E-state index < -0.39 is 28.6 Å².